The summed E-state index contributed by atoms with van der Waals surface area (Å²) in [5.74, 6) is -0.548. The number of nitrogens with one attached hydrogen (secondary N) is 1. The lowest BCUT2D eigenvalue weighted by atomic mass is 9.95. The molecule has 1 fully saturated rings. The molecule has 7 heteroatoms. The van der Waals surface area contributed by atoms with E-state index in [2.05, 4.69) is 5.32 Å². The van der Waals surface area contributed by atoms with Gasteiger partial charge in [-0.05, 0) is 31.2 Å². The summed E-state index contributed by atoms with van der Waals surface area (Å²) in [6, 6.07) is 0. The number of fused-ring (bicyclic) bond motifs is 1. The standard InChI is InChI=1S/C17H24N2O4S/c20-7-5-18-16(21)12-9-19(6-8-23-10-12)17(22)14-11-24-15-4-2-1-3-13(14)15/h11-12,20H,1-10H2,(H,18,21). The normalized spacial score (nSPS) is 21.0. The van der Waals surface area contributed by atoms with Crippen molar-refractivity contribution in [1.29, 1.82) is 0 Å². The third kappa shape index (κ3) is 3.79. The lowest BCUT2D eigenvalue weighted by Gasteiger charge is -2.24. The van der Waals surface area contributed by atoms with Crippen LogP contribution < -0.4 is 5.32 Å². The number of rotatable bonds is 4. The summed E-state index contributed by atoms with van der Waals surface area (Å²) in [6.45, 7) is 1.75. The molecule has 0 aromatic carbocycles. The summed E-state index contributed by atoms with van der Waals surface area (Å²) in [5.41, 5.74) is 2.02. The predicted molar refractivity (Wildman–Crippen MR) is 91.3 cm³/mol. The zero-order valence-corrected chi connectivity index (χ0v) is 14.6. The molecule has 1 aromatic heterocycles. The first-order valence-electron chi connectivity index (χ1n) is 8.55. The van der Waals surface area contributed by atoms with Crippen molar-refractivity contribution < 1.29 is 19.4 Å². The van der Waals surface area contributed by atoms with Crippen LogP contribution in [0.4, 0.5) is 0 Å². The zero-order valence-electron chi connectivity index (χ0n) is 13.8. The average molecular weight is 352 g/mol. The molecule has 24 heavy (non-hydrogen) atoms. The van der Waals surface area contributed by atoms with Gasteiger partial charge in [0.25, 0.3) is 5.91 Å². The number of carbonyl (C=O) groups excluding carboxylic acids is 2. The minimum atomic E-state index is -0.391. The van der Waals surface area contributed by atoms with E-state index in [1.165, 1.54) is 16.9 Å². The Labute approximate surface area is 145 Å². The van der Waals surface area contributed by atoms with Gasteiger partial charge >= 0.3 is 0 Å². The highest BCUT2D eigenvalue weighted by Gasteiger charge is 2.30. The summed E-state index contributed by atoms with van der Waals surface area (Å²) in [7, 11) is 0. The lowest BCUT2D eigenvalue weighted by Crippen LogP contribution is -2.42. The van der Waals surface area contributed by atoms with E-state index in [-0.39, 0.29) is 25.0 Å². The van der Waals surface area contributed by atoms with Gasteiger partial charge in [-0.2, -0.15) is 0 Å². The number of aryl methyl sites for hydroxylation is 1. The van der Waals surface area contributed by atoms with Crippen LogP contribution in [0.25, 0.3) is 0 Å². The number of aliphatic hydroxyl groups excluding tert-OH is 1. The van der Waals surface area contributed by atoms with Crippen molar-refractivity contribution in [2.75, 3.05) is 39.5 Å². The van der Waals surface area contributed by atoms with Crippen LogP contribution in [0.5, 0.6) is 0 Å². The van der Waals surface area contributed by atoms with Gasteiger partial charge in [-0.1, -0.05) is 0 Å². The van der Waals surface area contributed by atoms with E-state index in [0.29, 0.717) is 26.3 Å². The van der Waals surface area contributed by atoms with Crippen LogP contribution in [0.15, 0.2) is 5.38 Å². The van der Waals surface area contributed by atoms with E-state index in [1.807, 2.05) is 5.38 Å². The number of aliphatic hydroxyl groups is 1. The Morgan fingerprint density at radius 2 is 2.21 bits per heavy atom. The Kier molecular flexibility index (Phi) is 5.86. The molecule has 132 valence electrons. The van der Waals surface area contributed by atoms with Crippen LogP contribution in [0.2, 0.25) is 0 Å². The van der Waals surface area contributed by atoms with Gasteiger partial charge in [-0.3, -0.25) is 9.59 Å². The van der Waals surface area contributed by atoms with E-state index in [1.54, 1.807) is 16.2 Å². The van der Waals surface area contributed by atoms with Crippen molar-refractivity contribution in [3.8, 4) is 0 Å². The minimum absolute atomic E-state index is 0.0138. The van der Waals surface area contributed by atoms with Gasteiger partial charge in [0.15, 0.2) is 0 Å². The molecule has 1 atom stereocenters. The van der Waals surface area contributed by atoms with Crippen molar-refractivity contribution in [2.24, 2.45) is 5.92 Å². The maximum absolute atomic E-state index is 13.0. The second kappa shape index (κ2) is 8.09. The quantitative estimate of drug-likeness (QED) is 0.841. The van der Waals surface area contributed by atoms with Crippen molar-refractivity contribution in [2.45, 2.75) is 25.7 Å². The first kappa shape index (κ1) is 17.4. The van der Waals surface area contributed by atoms with E-state index in [4.69, 9.17) is 9.84 Å². The topological polar surface area (TPSA) is 78.9 Å². The third-order valence-electron chi connectivity index (χ3n) is 4.63. The molecule has 2 N–H and O–H groups in total. The Hall–Kier alpha value is -1.44. The molecule has 0 radical (unpaired) electrons. The number of hydrogen-bond donors (Lipinski definition) is 2. The van der Waals surface area contributed by atoms with Crippen LogP contribution in [0, 0.1) is 5.92 Å². The number of nitrogens with zero attached hydrogens (tertiary/aromatic N) is 1. The van der Waals surface area contributed by atoms with Gasteiger partial charge in [0.2, 0.25) is 5.91 Å². The van der Waals surface area contributed by atoms with Crippen LogP contribution in [-0.4, -0.2) is 61.3 Å². The molecule has 1 unspecified atom stereocenters. The molecule has 2 amide bonds. The first-order valence-corrected chi connectivity index (χ1v) is 9.43. The van der Waals surface area contributed by atoms with Gasteiger partial charge < -0.3 is 20.1 Å². The van der Waals surface area contributed by atoms with E-state index < -0.39 is 5.92 Å². The molecular formula is C17H24N2O4S. The molecule has 3 rings (SSSR count). The number of carbonyl (C=O) groups is 2. The number of ether oxygens (including phenoxy) is 1. The molecule has 1 aliphatic carbocycles. The maximum Gasteiger partial charge on any atom is 0.255 e. The molecule has 0 saturated carbocycles. The van der Waals surface area contributed by atoms with Crippen molar-refractivity contribution in [1.82, 2.24) is 10.2 Å². The maximum atomic E-state index is 13.0. The fourth-order valence-electron chi connectivity index (χ4n) is 3.32. The minimum Gasteiger partial charge on any atom is -0.395 e. The zero-order chi connectivity index (χ0) is 16.9. The summed E-state index contributed by atoms with van der Waals surface area (Å²) >= 11 is 1.68. The molecule has 1 aliphatic heterocycles. The third-order valence-corrected chi connectivity index (χ3v) is 5.71. The summed E-state index contributed by atoms with van der Waals surface area (Å²) in [6.07, 6.45) is 4.39. The SMILES string of the molecule is O=C(NCCO)C1COCCN(C(=O)c2csc3c2CCCC3)C1. The first-order chi connectivity index (χ1) is 11.7. The number of thiophene rings is 1. The Balaban J connectivity index is 1.71. The van der Waals surface area contributed by atoms with E-state index >= 15 is 0 Å². The largest absolute Gasteiger partial charge is 0.395 e. The van der Waals surface area contributed by atoms with Crippen LogP contribution in [-0.2, 0) is 22.4 Å². The van der Waals surface area contributed by atoms with E-state index in [9.17, 15) is 9.59 Å². The Morgan fingerprint density at radius 3 is 3.04 bits per heavy atom. The number of hydrogen-bond acceptors (Lipinski definition) is 5. The summed E-state index contributed by atoms with van der Waals surface area (Å²) in [4.78, 5) is 28.2. The van der Waals surface area contributed by atoms with Crippen LogP contribution in [0.1, 0.15) is 33.6 Å². The van der Waals surface area contributed by atoms with Crippen molar-refractivity contribution in [3.05, 3.63) is 21.4 Å². The monoisotopic (exact) mass is 352 g/mol. The van der Waals surface area contributed by atoms with Gasteiger partial charge in [0.1, 0.15) is 0 Å². The molecule has 1 aromatic rings. The highest BCUT2D eigenvalue weighted by atomic mass is 32.1. The van der Waals surface area contributed by atoms with Crippen molar-refractivity contribution in [3.63, 3.8) is 0 Å². The highest BCUT2D eigenvalue weighted by molar-refractivity contribution is 7.10. The van der Waals surface area contributed by atoms with Crippen molar-refractivity contribution >= 4 is 23.2 Å². The molecule has 6 nitrogen and oxygen atoms in total. The van der Waals surface area contributed by atoms with Gasteiger partial charge in [-0.25, -0.2) is 0 Å². The van der Waals surface area contributed by atoms with Crippen LogP contribution >= 0.6 is 11.3 Å². The fraction of sp³-hybridized carbons (Fsp3) is 0.647. The van der Waals surface area contributed by atoms with Crippen LogP contribution in [0.3, 0.4) is 0 Å². The Morgan fingerprint density at radius 1 is 1.38 bits per heavy atom. The van der Waals surface area contributed by atoms with Gasteiger partial charge in [-0.15, -0.1) is 11.3 Å². The molecule has 1 saturated heterocycles. The fourth-order valence-corrected chi connectivity index (χ4v) is 4.44. The molecule has 2 aliphatic rings. The second-order valence-electron chi connectivity index (χ2n) is 6.30. The number of amides is 2. The summed E-state index contributed by atoms with van der Waals surface area (Å²) in [5, 5.41) is 13.5. The summed E-state index contributed by atoms with van der Waals surface area (Å²) < 4.78 is 5.50. The molecular weight excluding hydrogens is 328 g/mol. The molecule has 0 bridgehead atoms. The highest BCUT2D eigenvalue weighted by Crippen LogP contribution is 2.31. The Bertz CT molecular complexity index is 601. The second-order valence-corrected chi connectivity index (χ2v) is 7.26. The smallest absolute Gasteiger partial charge is 0.255 e. The lowest BCUT2D eigenvalue weighted by molar-refractivity contribution is -0.126. The molecule has 2 heterocycles. The van der Waals surface area contributed by atoms with Gasteiger partial charge in [0.05, 0.1) is 31.3 Å². The average Bonchev–Trinajstić information content (AvgIpc) is 2.87. The molecule has 0 spiro atoms. The van der Waals surface area contributed by atoms with Gasteiger partial charge in [0, 0.05) is 29.9 Å². The van der Waals surface area contributed by atoms with E-state index in [0.717, 1.165) is 24.8 Å². The predicted octanol–water partition coefficient (Wildman–Crippen LogP) is 0.824.